The van der Waals surface area contributed by atoms with Crippen LogP contribution in [0, 0.1) is 11.8 Å². The fourth-order valence-corrected chi connectivity index (χ4v) is 5.14. The Morgan fingerprint density at radius 2 is 1.30 bits per heavy atom. The number of hydrogen-bond donors (Lipinski definition) is 5. The van der Waals surface area contributed by atoms with E-state index < -0.39 is 65.6 Å². The van der Waals surface area contributed by atoms with Crippen molar-refractivity contribution in [2.45, 2.75) is 84.3 Å². The van der Waals surface area contributed by atoms with Gasteiger partial charge in [-0.15, -0.1) is 4.99 Å². The topological polar surface area (TPSA) is 181 Å². The number of guanidine groups is 1. The molecule has 12 nitrogen and oxygen atoms in total. The first-order valence-corrected chi connectivity index (χ1v) is 16.6. The van der Waals surface area contributed by atoms with E-state index in [9.17, 15) is 24.3 Å². The van der Waals surface area contributed by atoms with Gasteiger partial charge in [-0.05, 0) is 62.6 Å². The third kappa shape index (κ3) is 14.1. The monoisotopic (exact) mass is 687 g/mol. The second kappa shape index (κ2) is 19.1. The SMILES string of the molecule is CC(C)[C@H](NC(=O)[C@H](Cc1ccccc1)C[C@H](O)[C@H](Cc1ccccc1)NC(=O)OC(C)(C)C)C(=O)NC(N)=NC(=O)OCc1ccccc1. The zero-order valence-corrected chi connectivity index (χ0v) is 29.3. The zero-order valence-electron chi connectivity index (χ0n) is 29.3. The van der Waals surface area contributed by atoms with Gasteiger partial charge in [0, 0.05) is 5.92 Å². The number of aliphatic hydroxyl groups excluding tert-OH is 1. The van der Waals surface area contributed by atoms with Crippen LogP contribution in [0.3, 0.4) is 0 Å². The van der Waals surface area contributed by atoms with Gasteiger partial charge in [0.1, 0.15) is 18.2 Å². The number of nitrogens with two attached hydrogens (primary N) is 1. The predicted octanol–water partition coefficient (Wildman–Crippen LogP) is 4.64. The summed E-state index contributed by atoms with van der Waals surface area (Å²) in [7, 11) is 0. The fraction of sp³-hybridized carbons (Fsp3) is 0.395. The molecule has 0 fully saturated rings. The van der Waals surface area contributed by atoms with Crippen LogP contribution >= 0.6 is 0 Å². The number of carbonyl (C=O) groups excluding carboxylic acids is 4. The molecule has 50 heavy (non-hydrogen) atoms. The Kier molecular flexibility index (Phi) is 15.0. The number of aliphatic imine (C=N–C) groups is 1. The smallest absolute Gasteiger partial charge is 0.437 e. The zero-order chi connectivity index (χ0) is 36.7. The van der Waals surface area contributed by atoms with Crippen LogP contribution in [0.1, 0.15) is 57.7 Å². The number of carbonyl (C=O) groups is 4. The largest absolute Gasteiger partial charge is 0.444 e. The van der Waals surface area contributed by atoms with Gasteiger partial charge in [0.25, 0.3) is 0 Å². The molecule has 3 aromatic carbocycles. The summed E-state index contributed by atoms with van der Waals surface area (Å²) in [5.74, 6) is -2.85. The van der Waals surface area contributed by atoms with E-state index >= 15 is 0 Å². The van der Waals surface area contributed by atoms with Gasteiger partial charge in [-0.3, -0.25) is 14.9 Å². The maximum Gasteiger partial charge on any atom is 0.437 e. The van der Waals surface area contributed by atoms with Gasteiger partial charge in [0.2, 0.25) is 17.8 Å². The number of nitrogens with zero attached hydrogens (tertiary/aromatic N) is 1. The molecule has 0 saturated carbocycles. The summed E-state index contributed by atoms with van der Waals surface area (Å²) in [6.45, 7) is 8.69. The standard InChI is InChI=1S/C38H49N5O7/c1-25(2)32(34(46)42-35(39)43-36(47)49-24-28-19-13-8-14-20-28)41-33(45)29(21-26-15-9-6-10-16-26)23-31(44)30(22-27-17-11-7-12-18-27)40-37(48)50-38(3,4)5/h6-20,25,29-32,44H,21-24H2,1-5H3,(H,40,48)(H,41,45)(H3,39,42,43,46,47)/t29-,30+,31+,32+/m1/s1. The predicted molar refractivity (Wildman–Crippen MR) is 191 cm³/mol. The third-order valence-electron chi connectivity index (χ3n) is 7.60. The molecule has 0 aromatic heterocycles. The van der Waals surface area contributed by atoms with Crippen molar-refractivity contribution in [1.82, 2.24) is 16.0 Å². The average Bonchev–Trinajstić information content (AvgIpc) is 3.05. The highest BCUT2D eigenvalue weighted by Crippen LogP contribution is 2.20. The number of nitrogens with one attached hydrogen (secondary N) is 3. The Hall–Kier alpha value is -5.23. The average molecular weight is 688 g/mol. The van der Waals surface area contributed by atoms with Crippen molar-refractivity contribution in [2.75, 3.05) is 0 Å². The highest BCUT2D eigenvalue weighted by molar-refractivity contribution is 6.03. The Morgan fingerprint density at radius 1 is 0.780 bits per heavy atom. The first-order chi connectivity index (χ1) is 23.7. The van der Waals surface area contributed by atoms with Gasteiger partial charge < -0.3 is 30.9 Å². The second-order valence-electron chi connectivity index (χ2n) is 13.4. The lowest BCUT2D eigenvalue weighted by molar-refractivity contribution is -0.132. The molecule has 0 bridgehead atoms. The molecule has 0 aliphatic rings. The van der Waals surface area contributed by atoms with Crippen LogP contribution in [0.2, 0.25) is 0 Å². The Balaban J connectivity index is 1.76. The van der Waals surface area contributed by atoms with E-state index in [-0.39, 0.29) is 25.9 Å². The van der Waals surface area contributed by atoms with Gasteiger partial charge in [-0.25, -0.2) is 9.59 Å². The van der Waals surface area contributed by atoms with Gasteiger partial charge in [-0.2, -0.15) is 0 Å². The summed E-state index contributed by atoms with van der Waals surface area (Å²) in [6, 6.07) is 25.8. The molecule has 268 valence electrons. The van der Waals surface area contributed by atoms with Gasteiger partial charge in [0.15, 0.2) is 0 Å². The second-order valence-corrected chi connectivity index (χ2v) is 13.4. The maximum absolute atomic E-state index is 13.9. The number of rotatable bonds is 14. The summed E-state index contributed by atoms with van der Waals surface area (Å²) < 4.78 is 10.6. The van der Waals surface area contributed by atoms with E-state index in [1.165, 1.54) is 0 Å². The van der Waals surface area contributed by atoms with Crippen molar-refractivity contribution >= 4 is 30.0 Å². The molecule has 0 heterocycles. The number of aliphatic hydroxyl groups is 1. The van der Waals surface area contributed by atoms with Crippen LogP contribution < -0.4 is 21.7 Å². The number of hydrogen-bond acceptors (Lipinski definition) is 7. The Morgan fingerprint density at radius 3 is 1.82 bits per heavy atom. The fourth-order valence-electron chi connectivity index (χ4n) is 5.14. The van der Waals surface area contributed by atoms with E-state index in [0.717, 1.165) is 16.7 Å². The van der Waals surface area contributed by atoms with Gasteiger partial charge in [-0.1, -0.05) is 105 Å². The van der Waals surface area contributed by atoms with Crippen molar-refractivity contribution < 1.29 is 33.8 Å². The van der Waals surface area contributed by atoms with Crippen molar-refractivity contribution in [1.29, 1.82) is 0 Å². The van der Waals surface area contributed by atoms with Gasteiger partial charge in [0.05, 0.1) is 12.1 Å². The molecule has 0 radical (unpaired) electrons. The number of ether oxygens (including phenoxy) is 2. The lowest BCUT2D eigenvalue weighted by Gasteiger charge is -2.30. The minimum atomic E-state index is -1.17. The summed E-state index contributed by atoms with van der Waals surface area (Å²) in [4.78, 5) is 55.8. The molecular weight excluding hydrogens is 638 g/mol. The molecule has 3 rings (SSSR count). The van der Waals surface area contributed by atoms with E-state index in [1.54, 1.807) is 58.9 Å². The highest BCUT2D eigenvalue weighted by atomic mass is 16.6. The minimum Gasteiger partial charge on any atom is -0.444 e. The van der Waals surface area contributed by atoms with E-state index in [4.69, 9.17) is 15.2 Å². The molecule has 0 spiro atoms. The van der Waals surface area contributed by atoms with Crippen LogP contribution in [-0.4, -0.2) is 58.9 Å². The molecular formula is C38H49N5O7. The van der Waals surface area contributed by atoms with Crippen LogP contribution in [-0.2, 0) is 38.5 Å². The van der Waals surface area contributed by atoms with Crippen molar-refractivity contribution in [3.8, 4) is 0 Å². The van der Waals surface area contributed by atoms with E-state index in [1.807, 2.05) is 66.7 Å². The molecule has 0 aliphatic heterocycles. The van der Waals surface area contributed by atoms with E-state index in [0.29, 0.717) is 0 Å². The summed E-state index contributed by atoms with van der Waals surface area (Å²) >= 11 is 0. The summed E-state index contributed by atoms with van der Waals surface area (Å²) in [5, 5.41) is 19.6. The number of amides is 4. The lowest BCUT2D eigenvalue weighted by Crippen LogP contribution is -2.54. The van der Waals surface area contributed by atoms with Crippen LogP contribution in [0.4, 0.5) is 9.59 Å². The Labute approximate surface area is 293 Å². The minimum absolute atomic E-state index is 0.0246. The van der Waals surface area contributed by atoms with E-state index in [2.05, 4.69) is 20.9 Å². The molecule has 3 aromatic rings. The molecule has 0 saturated heterocycles. The molecule has 0 aliphatic carbocycles. The molecule has 4 amide bonds. The van der Waals surface area contributed by atoms with Crippen LogP contribution in [0.5, 0.6) is 0 Å². The summed E-state index contributed by atoms with van der Waals surface area (Å²) in [5.41, 5.74) is 7.55. The number of alkyl carbamates (subject to hydrolysis) is 1. The Bertz CT molecular complexity index is 1560. The van der Waals surface area contributed by atoms with Crippen molar-refractivity contribution in [3.63, 3.8) is 0 Å². The summed E-state index contributed by atoms with van der Waals surface area (Å²) in [6.07, 6.45) is -2.36. The first-order valence-electron chi connectivity index (χ1n) is 16.6. The highest BCUT2D eigenvalue weighted by Gasteiger charge is 2.33. The molecule has 0 unspecified atom stereocenters. The molecule has 6 N–H and O–H groups in total. The first kappa shape index (κ1) is 39.2. The molecule has 4 atom stereocenters. The normalized spacial score (nSPS) is 14.1. The third-order valence-corrected chi connectivity index (χ3v) is 7.60. The van der Waals surface area contributed by atoms with Gasteiger partial charge >= 0.3 is 12.2 Å². The quantitative estimate of drug-likeness (QED) is 0.120. The van der Waals surface area contributed by atoms with Crippen LogP contribution in [0.25, 0.3) is 0 Å². The maximum atomic E-state index is 13.9. The van der Waals surface area contributed by atoms with Crippen LogP contribution in [0.15, 0.2) is 96.0 Å². The van der Waals surface area contributed by atoms with Crippen molar-refractivity contribution in [2.24, 2.45) is 22.6 Å². The molecule has 12 heteroatoms. The van der Waals surface area contributed by atoms with Crippen molar-refractivity contribution in [3.05, 3.63) is 108 Å². The number of benzene rings is 3. The lowest BCUT2D eigenvalue weighted by atomic mass is 9.88.